The summed E-state index contributed by atoms with van der Waals surface area (Å²) in [6.45, 7) is 1.97. The van der Waals surface area contributed by atoms with E-state index in [2.05, 4.69) is 4.74 Å². The smallest absolute Gasteiger partial charge is 0.328 e. The molecule has 0 unspecified atom stereocenters. The van der Waals surface area contributed by atoms with Gasteiger partial charge in [0.05, 0.1) is 6.61 Å². The van der Waals surface area contributed by atoms with Crippen LogP contribution in [0.25, 0.3) is 0 Å². The van der Waals surface area contributed by atoms with Gasteiger partial charge in [-0.15, -0.1) is 0 Å². The van der Waals surface area contributed by atoms with Crippen molar-refractivity contribution in [3.63, 3.8) is 0 Å². The number of aliphatic hydroxyl groups excluding tert-OH is 1. The number of carboxylic acids is 2. The molecule has 0 radical (unpaired) electrons. The molecule has 7 heteroatoms. The first kappa shape index (κ1) is 17.5. The Morgan fingerprint density at radius 3 is 1.82 bits per heavy atom. The third-order valence-corrected chi connectivity index (χ3v) is 1.23. The van der Waals surface area contributed by atoms with Gasteiger partial charge in [0.1, 0.15) is 0 Å². The van der Waals surface area contributed by atoms with Crippen molar-refractivity contribution in [2.24, 2.45) is 0 Å². The van der Waals surface area contributed by atoms with Crippen molar-refractivity contribution in [3.8, 4) is 0 Å². The van der Waals surface area contributed by atoms with Gasteiger partial charge in [0.25, 0.3) is 0 Å². The molecule has 0 aliphatic heterocycles. The highest BCUT2D eigenvalue weighted by Gasteiger charge is 1.90. The van der Waals surface area contributed by atoms with Gasteiger partial charge in [0.15, 0.2) is 0 Å². The van der Waals surface area contributed by atoms with E-state index in [9.17, 15) is 14.4 Å². The molecule has 0 bridgehead atoms. The first-order valence-corrected chi connectivity index (χ1v) is 4.78. The average Bonchev–Trinajstić information content (AvgIpc) is 2.22. The van der Waals surface area contributed by atoms with E-state index in [0.29, 0.717) is 25.2 Å². The van der Waals surface area contributed by atoms with E-state index in [4.69, 9.17) is 15.3 Å². The number of ether oxygens (including phenoxy) is 1. The lowest BCUT2D eigenvalue weighted by molar-refractivity contribution is -0.141. The molecule has 17 heavy (non-hydrogen) atoms. The lowest BCUT2D eigenvalue weighted by atomic mass is 10.3. The van der Waals surface area contributed by atoms with Gasteiger partial charge >= 0.3 is 17.9 Å². The zero-order valence-electron chi connectivity index (χ0n) is 9.46. The number of carboxylic acid groups (broad SMARTS) is 2. The number of unbranched alkanes of at least 4 members (excludes halogenated alkanes) is 1. The predicted octanol–water partition coefficient (Wildman–Crippen LogP) is 0.0338. The third-order valence-electron chi connectivity index (χ3n) is 1.23. The molecular formula is C10H16O7. The summed E-state index contributed by atoms with van der Waals surface area (Å²) in [4.78, 5) is 29.2. The minimum atomic E-state index is -1.26. The van der Waals surface area contributed by atoms with Gasteiger partial charge in [-0.25, -0.2) is 9.59 Å². The number of aliphatic carboxylic acids is 2. The van der Waals surface area contributed by atoms with Crippen molar-refractivity contribution in [1.29, 1.82) is 0 Å². The van der Waals surface area contributed by atoms with Crippen LogP contribution in [0, 0.1) is 0 Å². The van der Waals surface area contributed by atoms with Gasteiger partial charge in [0.2, 0.25) is 0 Å². The molecule has 0 amide bonds. The van der Waals surface area contributed by atoms with Crippen molar-refractivity contribution in [1.82, 2.24) is 0 Å². The molecule has 0 aliphatic rings. The summed E-state index contributed by atoms with van der Waals surface area (Å²) in [6.07, 6.45) is 2.56. The quantitative estimate of drug-likeness (QED) is 0.344. The number of hydrogen-bond acceptors (Lipinski definition) is 5. The molecule has 0 saturated carbocycles. The van der Waals surface area contributed by atoms with Crippen LogP contribution < -0.4 is 0 Å². The second-order valence-electron chi connectivity index (χ2n) is 2.78. The molecule has 0 aliphatic carbocycles. The van der Waals surface area contributed by atoms with E-state index in [0.717, 1.165) is 6.42 Å². The van der Waals surface area contributed by atoms with Crippen LogP contribution in [0.15, 0.2) is 12.2 Å². The van der Waals surface area contributed by atoms with Crippen molar-refractivity contribution < 1.29 is 34.4 Å². The topological polar surface area (TPSA) is 121 Å². The maximum Gasteiger partial charge on any atom is 0.328 e. The zero-order valence-corrected chi connectivity index (χ0v) is 9.46. The van der Waals surface area contributed by atoms with Gasteiger partial charge in [0, 0.05) is 25.7 Å². The van der Waals surface area contributed by atoms with Gasteiger partial charge in [-0.2, -0.15) is 0 Å². The Morgan fingerprint density at radius 1 is 1.06 bits per heavy atom. The van der Waals surface area contributed by atoms with Gasteiger partial charge in [-0.05, 0) is 12.8 Å². The zero-order chi connectivity index (χ0) is 13.7. The highest BCUT2D eigenvalue weighted by Crippen LogP contribution is 1.87. The highest BCUT2D eigenvalue weighted by molar-refractivity contribution is 5.89. The fourth-order valence-corrected chi connectivity index (χ4v) is 0.572. The number of carbonyl (C=O) groups excluding carboxylic acids is 1. The van der Waals surface area contributed by atoms with Crippen LogP contribution in [0.2, 0.25) is 0 Å². The molecule has 0 rings (SSSR count). The molecule has 0 aromatic heterocycles. The molecule has 0 atom stereocenters. The number of carbonyl (C=O) groups is 3. The summed E-state index contributed by atoms with van der Waals surface area (Å²) in [6, 6.07) is 0. The minimum absolute atomic E-state index is 0.168. The van der Waals surface area contributed by atoms with E-state index >= 15 is 0 Å². The van der Waals surface area contributed by atoms with Crippen LogP contribution in [-0.2, 0) is 19.1 Å². The standard InChI is InChI=1S/C6H12O3.C4H4O4/c1-6(8)9-5-3-2-4-7;5-3(6)1-2-4(7)8/h7H,2-5H2,1H3;1-2H,(H,5,6)(H,7,8). The van der Waals surface area contributed by atoms with Gasteiger partial charge in [-0.3, -0.25) is 4.79 Å². The number of rotatable bonds is 6. The maximum atomic E-state index is 10.1. The van der Waals surface area contributed by atoms with E-state index in [1.807, 2.05) is 0 Å². The second-order valence-corrected chi connectivity index (χ2v) is 2.78. The van der Waals surface area contributed by atoms with Crippen LogP contribution in [0.4, 0.5) is 0 Å². The summed E-state index contributed by atoms with van der Waals surface area (Å²) in [5.74, 6) is -2.77. The Kier molecular flexibility index (Phi) is 12.5. The summed E-state index contributed by atoms with van der Waals surface area (Å²) >= 11 is 0. The Balaban J connectivity index is 0. The molecule has 0 aromatic rings. The van der Waals surface area contributed by atoms with Crippen LogP contribution in [-0.4, -0.2) is 46.4 Å². The lowest BCUT2D eigenvalue weighted by Crippen LogP contribution is -2.00. The Labute approximate surface area is 98.3 Å². The Morgan fingerprint density at radius 2 is 1.53 bits per heavy atom. The Hall–Kier alpha value is -1.89. The summed E-state index contributed by atoms with van der Waals surface area (Å²) in [7, 11) is 0. The average molecular weight is 248 g/mol. The maximum absolute atomic E-state index is 10.1. The van der Waals surface area contributed by atoms with Crippen molar-refractivity contribution in [3.05, 3.63) is 12.2 Å². The lowest BCUT2D eigenvalue weighted by Gasteiger charge is -1.97. The van der Waals surface area contributed by atoms with Gasteiger partial charge in [-0.1, -0.05) is 0 Å². The summed E-state index contributed by atoms with van der Waals surface area (Å²) < 4.78 is 4.59. The fourth-order valence-electron chi connectivity index (χ4n) is 0.572. The first-order chi connectivity index (χ1) is 7.90. The van der Waals surface area contributed by atoms with E-state index in [1.54, 1.807) is 0 Å². The second kappa shape index (κ2) is 12.2. The molecule has 0 fully saturated rings. The fraction of sp³-hybridized carbons (Fsp3) is 0.500. The number of hydrogen-bond donors (Lipinski definition) is 3. The highest BCUT2D eigenvalue weighted by atomic mass is 16.5. The van der Waals surface area contributed by atoms with Crippen molar-refractivity contribution in [2.45, 2.75) is 19.8 Å². The largest absolute Gasteiger partial charge is 0.478 e. The molecule has 7 nitrogen and oxygen atoms in total. The molecule has 0 spiro atoms. The molecule has 0 heterocycles. The van der Waals surface area contributed by atoms with E-state index in [-0.39, 0.29) is 12.6 Å². The first-order valence-electron chi connectivity index (χ1n) is 4.78. The van der Waals surface area contributed by atoms with E-state index < -0.39 is 11.9 Å². The third kappa shape index (κ3) is 24.9. The monoisotopic (exact) mass is 248 g/mol. The predicted molar refractivity (Wildman–Crippen MR) is 57.4 cm³/mol. The summed E-state index contributed by atoms with van der Waals surface area (Å²) in [5.41, 5.74) is 0. The van der Waals surface area contributed by atoms with Crippen LogP contribution >= 0.6 is 0 Å². The van der Waals surface area contributed by atoms with Crippen LogP contribution in [0.3, 0.4) is 0 Å². The van der Waals surface area contributed by atoms with Gasteiger partial charge < -0.3 is 20.1 Å². The molecule has 0 aromatic carbocycles. The van der Waals surface area contributed by atoms with E-state index in [1.165, 1.54) is 6.92 Å². The van der Waals surface area contributed by atoms with Crippen LogP contribution in [0.5, 0.6) is 0 Å². The minimum Gasteiger partial charge on any atom is -0.478 e. The SMILES string of the molecule is CC(=O)OCCCCO.O=C(O)C=CC(=O)O. The Bertz CT molecular complexity index is 254. The molecule has 0 saturated heterocycles. The van der Waals surface area contributed by atoms with Crippen LogP contribution in [0.1, 0.15) is 19.8 Å². The normalized spacial score (nSPS) is 9.29. The number of aliphatic hydroxyl groups is 1. The van der Waals surface area contributed by atoms with Crippen molar-refractivity contribution >= 4 is 17.9 Å². The molecular weight excluding hydrogens is 232 g/mol. The molecule has 3 N–H and O–H groups in total. The summed E-state index contributed by atoms with van der Waals surface area (Å²) in [5, 5.41) is 23.9. The number of esters is 1. The molecule has 98 valence electrons. The van der Waals surface area contributed by atoms with Crippen molar-refractivity contribution in [2.75, 3.05) is 13.2 Å².